The van der Waals surface area contributed by atoms with E-state index in [1.54, 1.807) is 11.6 Å². The molecule has 0 aromatic carbocycles. The van der Waals surface area contributed by atoms with E-state index in [1.165, 1.54) is 0 Å². The highest BCUT2D eigenvalue weighted by Gasteiger charge is 2.11. The van der Waals surface area contributed by atoms with E-state index < -0.39 is 5.97 Å². The quantitative estimate of drug-likeness (QED) is 0.725. The van der Waals surface area contributed by atoms with Crippen LogP contribution in [0.2, 0.25) is 0 Å². The predicted molar refractivity (Wildman–Crippen MR) is 51.1 cm³/mol. The Morgan fingerprint density at radius 2 is 2.21 bits per heavy atom. The maximum atomic E-state index is 10.5. The maximum absolute atomic E-state index is 10.5. The van der Waals surface area contributed by atoms with Crippen LogP contribution >= 0.6 is 0 Å². The molecule has 6 nitrogen and oxygen atoms in total. The van der Waals surface area contributed by atoms with Crippen LogP contribution < -0.4 is 5.32 Å². The summed E-state index contributed by atoms with van der Waals surface area (Å²) < 4.78 is 1.65. The minimum absolute atomic E-state index is 0.108. The molecule has 0 bridgehead atoms. The summed E-state index contributed by atoms with van der Waals surface area (Å²) in [6.45, 7) is 3.96. The number of hydrogen-bond donors (Lipinski definition) is 2. The Bertz CT molecular complexity index is 332. The first-order valence-electron chi connectivity index (χ1n) is 4.37. The van der Waals surface area contributed by atoms with Gasteiger partial charge >= 0.3 is 5.97 Å². The second-order valence-electron chi connectivity index (χ2n) is 3.37. The minimum Gasteiger partial charge on any atom is -0.481 e. The lowest BCUT2D eigenvalue weighted by Crippen LogP contribution is -2.14. The predicted octanol–water partition coefficient (Wildman–Crippen LogP) is 0.262. The number of nitrogens with zero attached hydrogens (tertiary/aromatic N) is 3. The lowest BCUT2D eigenvalue weighted by molar-refractivity contribution is -0.136. The van der Waals surface area contributed by atoms with Crippen molar-refractivity contribution in [2.24, 2.45) is 7.05 Å². The molecule has 0 spiro atoms. The van der Waals surface area contributed by atoms with E-state index in [-0.39, 0.29) is 12.5 Å². The van der Waals surface area contributed by atoms with Crippen LogP contribution in [-0.2, 0) is 18.3 Å². The molecule has 0 saturated carbocycles. The zero-order valence-corrected chi connectivity index (χ0v) is 8.48. The highest BCUT2D eigenvalue weighted by molar-refractivity contribution is 5.69. The van der Waals surface area contributed by atoms with Crippen molar-refractivity contribution in [1.82, 2.24) is 14.8 Å². The molecule has 0 radical (unpaired) electrons. The van der Waals surface area contributed by atoms with E-state index in [0.29, 0.717) is 11.8 Å². The first-order valence-corrected chi connectivity index (χ1v) is 4.37. The van der Waals surface area contributed by atoms with Gasteiger partial charge in [0.15, 0.2) is 0 Å². The molecule has 14 heavy (non-hydrogen) atoms. The van der Waals surface area contributed by atoms with Gasteiger partial charge in [-0.25, -0.2) is 0 Å². The summed E-state index contributed by atoms with van der Waals surface area (Å²) in [6, 6.07) is 0.246. The molecule has 2 N–H and O–H groups in total. The molecule has 0 atom stereocenters. The standard InChI is InChI=1S/C8H14N4O2/c1-5(2)9-8-11-10-6(12(8)3)4-7(13)14/h5H,4H2,1-3H3,(H,9,11)(H,13,14). The molecule has 1 aromatic heterocycles. The van der Waals surface area contributed by atoms with Gasteiger partial charge in [-0.1, -0.05) is 0 Å². The van der Waals surface area contributed by atoms with Gasteiger partial charge in [0.25, 0.3) is 0 Å². The highest BCUT2D eigenvalue weighted by atomic mass is 16.4. The SMILES string of the molecule is CC(C)Nc1nnc(CC(=O)O)n1C. The molecule has 0 fully saturated rings. The van der Waals surface area contributed by atoms with Crippen LogP contribution in [0.25, 0.3) is 0 Å². The first-order chi connectivity index (χ1) is 6.50. The van der Waals surface area contributed by atoms with Crippen molar-refractivity contribution in [3.05, 3.63) is 5.82 Å². The van der Waals surface area contributed by atoms with E-state index >= 15 is 0 Å². The van der Waals surface area contributed by atoms with Gasteiger partial charge in [0, 0.05) is 13.1 Å². The smallest absolute Gasteiger partial charge is 0.311 e. The number of anilines is 1. The summed E-state index contributed by atoms with van der Waals surface area (Å²) in [5.41, 5.74) is 0. The topological polar surface area (TPSA) is 80.0 Å². The number of hydrogen-bond acceptors (Lipinski definition) is 4. The summed E-state index contributed by atoms with van der Waals surface area (Å²) in [6.07, 6.45) is -0.108. The van der Waals surface area contributed by atoms with Crippen molar-refractivity contribution in [3.8, 4) is 0 Å². The van der Waals surface area contributed by atoms with Crippen LogP contribution in [0.15, 0.2) is 0 Å². The van der Waals surface area contributed by atoms with Gasteiger partial charge in [-0.2, -0.15) is 0 Å². The molecule has 0 saturated heterocycles. The van der Waals surface area contributed by atoms with Crippen molar-refractivity contribution >= 4 is 11.9 Å². The number of carboxylic acids is 1. The summed E-state index contributed by atoms with van der Waals surface area (Å²) in [5.74, 6) is 0.133. The van der Waals surface area contributed by atoms with Gasteiger partial charge in [0.05, 0.1) is 0 Å². The number of aromatic nitrogens is 3. The largest absolute Gasteiger partial charge is 0.481 e. The molecule has 78 valence electrons. The van der Waals surface area contributed by atoms with Crippen molar-refractivity contribution in [3.63, 3.8) is 0 Å². The summed E-state index contributed by atoms with van der Waals surface area (Å²) in [4.78, 5) is 10.5. The summed E-state index contributed by atoms with van der Waals surface area (Å²) in [7, 11) is 1.74. The highest BCUT2D eigenvalue weighted by Crippen LogP contribution is 2.06. The molecule has 1 rings (SSSR count). The second-order valence-corrected chi connectivity index (χ2v) is 3.37. The Balaban J connectivity index is 2.79. The van der Waals surface area contributed by atoms with Gasteiger partial charge in [-0.15, -0.1) is 10.2 Å². The third-order valence-corrected chi connectivity index (χ3v) is 1.69. The molecule has 0 aliphatic carbocycles. The number of aliphatic carboxylic acids is 1. The normalized spacial score (nSPS) is 10.6. The van der Waals surface area contributed by atoms with E-state index in [2.05, 4.69) is 15.5 Å². The Morgan fingerprint density at radius 3 is 2.71 bits per heavy atom. The lowest BCUT2D eigenvalue weighted by Gasteiger charge is -2.08. The van der Waals surface area contributed by atoms with Crippen LogP contribution in [0.1, 0.15) is 19.7 Å². The Hall–Kier alpha value is -1.59. The van der Waals surface area contributed by atoms with Crippen LogP contribution in [0.4, 0.5) is 5.95 Å². The molecule has 1 aromatic rings. The van der Waals surface area contributed by atoms with Crippen molar-refractivity contribution in [2.75, 3.05) is 5.32 Å². The van der Waals surface area contributed by atoms with Crippen molar-refractivity contribution < 1.29 is 9.90 Å². The molecule has 0 aliphatic heterocycles. The van der Waals surface area contributed by atoms with Crippen LogP contribution in [0.5, 0.6) is 0 Å². The van der Waals surface area contributed by atoms with E-state index in [4.69, 9.17) is 5.11 Å². The average molecular weight is 198 g/mol. The van der Waals surface area contributed by atoms with Crippen LogP contribution in [0, 0.1) is 0 Å². The fourth-order valence-electron chi connectivity index (χ4n) is 1.03. The van der Waals surface area contributed by atoms with E-state index in [9.17, 15) is 4.79 Å². The van der Waals surface area contributed by atoms with Gasteiger partial charge in [-0.05, 0) is 13.8 Å². The molecular weight excluding hydrogens is 184 g/mol. The number of nitrogens with one attached hydrogen (secondary N) is 1. The van der Waals surface area contributed by atoms with Gasteiger partial charge in [-0.3, -0.25) is 4.79 Å². The van der Waals surface area contributed by atoms with Gasteiger partial charge in [0.2, 0.25) is 5.95 Å². The van der Waals surface area contributed by atoms with Crippen molar-refractivity contribution in [1.29, 1.82) is 0 Å². The fraction of sp³-hybridized carbons (Fsp3) is 0.625. The minimum atomic E-state index is -0.906. The van der Waals surface area contributed by atoms with Crippen LogP contribution in [-0.4, -0.2) is 31.9 Å². The Morgan fingerprint density at radius 1 is 1.57 bits per heavy atom. The summed E-state index contributed by atoms with van der Waals surface area (Å²) in [5, 5.41) is 19.3. The Labute approximate surface area is 82.0 Å². The zero-order valence-electron chi connectivity index (χ0n) is 8.48. The van der Waals surface area contributed by atoms with Gasteiger partial charge in [0.1, 0.15) is 12.2 Å². The maximum Gasteiger partial charge on any atom is 0.311 e. The molecule has 0 aliphatic rings. The van der Waals surface area contributed by atoms with Gasteiger partial charge < -0.3 is 15.0 Å². The molecule has 1 heterocycles. The molecular formula is C8H14N4O2. The molecule has 6 heteroatoms. The average Bonchev–Trinajstić information content (AvgIpc) is 2.34. The number of carboxylic acid groups (broad SMARTS) is 1. The third-order valence-electron chi connectivity index (χ3n) is 1.69. The Kier molecular flexibility index (Phi) is 3.06. The van der Waals surface area contributed by atoms with Crippen molar-refractivity contribution in [2.45, 2.75) is 26.3 Å². The monoisotopic (exact) mass is 198 g/mol. The van der Waals surface area contributed by atoms with Crippen LogP contribution in [0.3, 0.4) is 0 Å². The fourth-order valence-corrected chi connectivity index (χ4v) is 1.03. The summed E-state index contributed by atoms with van der Waals surface area (Å²) >= 11 is 0. The zero-order chi connectivity index (χ0) is 10.7. The van der Waals surface area contributed by atoms with E-state index in [1.807, 2.05) is 13.8 Å². The number of carbonyl (C=O) groups is 1. The lowest BCUT2D eigenvalue weighted by atomic mass is 10.4. The number of rotatable bonds is 4. The third kappa shape index (κ3) is 2.45. The molecule has 0 unspecified atom stereocenters. The molecule has 0 amide bonds. The second kappa shape index (κ2) is 4.08. The first kappa shape index (κ1) is 10.5. The van der Waals surface area contributed by atoms with E-state index in [0.717, 1.165) is 0 Å².